The minimum atomic E-state index is 0.324. The molecule has 1 aromatic carbocycles. The van der Waals surface area contributed by atoms with E-state index >= 15 is 0 Å². The largest absolute Gasteiger partial charge is 0.508 e. The summed E-state index contributed by atoms with van der Waals surface area (Å²) < 4.78 is 0. The number of likely N-dealkylation sites (N-methyl/N-ethyl adjacent to an activating group) is 1. The van der Waals surface area contributed by atoms with Crippen molar-refractivity contribution >= 4 is 11.3 Å². The molecule has 0 spiro atoms. The fourth-order valence-electron chi connectivity index (χ4n) is 2.39. The Morgan fingerprint density at radius 3 is 2.48 bits per heavy atom. The quantitative estimate of drug-likeness (QED) is 0.824. The van der Waals surface area contributed by atoms with Crippen molar-refractivity contribution in [1.82, 2.24) is 10.2 Å². The highest BCUT2D eigenvalue weighted by molar-refractivity contribution is 7.10. The lowest BCUT2D eigenvalue weighted by atomic mass is 10.1. The van der Waals surface area contributed by atoms with Gasteiger partial charge in [0.25, 0.3) is 0 Å². The van der Waals surface area contributed by atoms with Gasteiger partial charge in [0.15, 0.2) is 0 Å². The summed E-state index contributed by atoms with van der Waals surface area (Å²) in [7, 11) is 4.24. The SMILES string of the molecule is CC(Cc1ccc(O)cc1)NCC(c1cccs1)N(C)C. The molecule has 0 bridgehead atoms. The van der Waals surface area contributed by atoms with E-state index in [1.807, 2.05) is 23.5 Å². The molecule has 4 heteroatoms. The molecule has 0 aliphatic rings. The van der Waals surface area contributed by atoms with Crippen molar-refractivity contribution in [2.24, 2.45) is 0 Å². The molecule has 0 aliphatic carbocycles. The van der Waals surface area contributed by atoms with Gasteiger partial charge in [0.05, 0.1) is 6.04 Å². The maximum Gasteiger partial charge on any atom is 0.115 e. The molecule has 0 amide bonds. The zero-order chi connectivity index (χ0) is 15.2. The van der Waals surface area contributed by atoms with Crippen LogP contribution in [-0.4, -0.2) is 36.7 Å². The Morgan fingerprint density at radius 1 is 1.19 bits per heavy atom. The van der Waals surface area contributed by atoms with Gasteiger partial charge < -0.3 is 15.3 Å². The molecule has 0 saturated carbocycles. The second-order valence-electron chi connectivity index (χ2n) is 5.67. The standard InChI is InChI=1S/C17H24N2OS/c1-13(11-14-6-8-15(20)9-7-14)18-12-16(19(2)3)17-5-4-10-21-17/h4-10,13,16,18,20H,11-12H2,1-3H3. The van der Waals surface area contributed by atoms with Crippen LogP contribution in [0.5, 0.6) is 5.75 Å². The van der Waals surface area contributed by atoms with Crippen molar-refractivity contribution in [1.29, 1.82) is 0 Å². The number of nitrogens with one attached hydrogen (secondary N) is 1. The molecule has 2 N–H and O–H groups in total. The first-order valence-electron chi connectivity index (χ1n) is 7.27. The highest BCUT2D eigenvalue weighted by Crippen LogP contribution is 2.22. The lowest BCUT2D eigenvalue weighted by molar-refractivity contribution is 0.285. The predicted octanol–water partition coefficient (Wildman–Crippen LogP) is 3.28. The molecule has 0 aliphatic heterocycles. The van der Waals surface area contributed by atoms with Gasteiger partial charge in [-0.05, 0) is 56.6 Å². The molecular formula is C17H24N2OS. The van der Waals surface area contributed by atoms with Crippen LogP contribution in [0.15, 0.2) is 41.8 Å². The number of rotatable bonds is 7. The van der Waals surface area contributed by atoms with Crippen molar-refractivity contribution in [3.63, 3.8) is 0 Å². The molecule has 3 nitrogen and oxygen atoms in total. The van der Waals surface area contributed by atoms with Gasteiger partial charge in [-0.2, -0.15) is 0 Å². The molecule has 21 heavy (non-hydrogen) atoms. The fraction of sp³-hybridized carbons (Fsp3) is 0.412. The first-order chi connectivity index (χ1) is 10.1. The summed E-state index contributed by atoms with van der Waals surface area (Å²) >= 11 is 1.81. The monoisotopic (exact) mass is 304 g/mol. The number of benzene rings is 1. The van der Waals surface area contributed by atoms with Gasteiger partial charge in [0, 0.05) is 17.5 Å². The van der Waals surface area contributed by atoms with E-state index in [1.54, 1.807) is 12.1 Å². The van der Waals surface area contributed by atoms with Crippen LogP contribution in [0.3, 0.4) is 0 Å². The van der Waals surface area contributed by atoms with Crippen LogP contribution in [0.25, 0.3) is 0 Å². The molecule has 2 rings (SSSR count). The number of nitrogens with zero attached hydrogens (tertiary/aromatic N) is 1. The van der Waals surface area contributed by atoms with Gasteiger partial charge in [-0.1, -0.05) is 18.2 Å². The highest BCUT2D eigenvalue weighted by atomic mass is 32.1. The van der Waals surface area contributed by atoms with E-state index in [0.717, 1.165) is 13.0 Å². The van der Waals surface area contributed by atoms with E-state index < -0.39 is 0 Å². The summed E-state index contributed by atoms with van der Waals surface area (Å²) in [5.41, 5.74) is 1.24. The zero-order valence-corrected chi connectivity index (χ0v) is 13.7. The molecule has 2 atom stereocenters. The topological polar surface area (TPSA) is 35.5 Å². The average Bonchev–Trinajstić information content (AvgIpc) is 2.95. The van der Waals surface area contributed by atoms with Gasteiger partial charge in [-0.3, -0.25) is 0 Å². The molecule has 1 heterocycles. The van der Waals surface area contributed by atoms with E-state index in [0.29, 0.717) is 17.8 Å². The van der Waals surface area contributed by atoms with Crippen molar-refractivity contribution in [2.45, 2.75) is 25.4 Å². The van der Waals surface area contributed by atoms with Crippen LogP contribution < -0.4 is 5.32 Å². The maximum absolute atomic E-state index is 9.31. The zero-order valence-electron chi connectivity index (χ0n) is 12.9. The first-order valence-corrected chi connectivity index (χ1v) is 8.15. The molecule has 114 valence electrons. The van der Waals surface area contributed by atoms with Crippen LogP contribution in [0, 0.1) is 0 Å². The second kappa shape index (κ2) is 7.59. The van der Waals surface area contributed by atoms with Crippen LogP contribution in [0.1, 0.15) is 23.4 Å². The van der Waals surface area contributed by atoms with Crippen LogP contribution in [-0.2, 0) is 6.42 Å². The molecule has 0 radical (unpaired) electrons. The van der Waals surface area contributed by atoms with Gasteiger partial charge in [0.2, 0.25) is 0 Å². The van der Waals surface area contributed by atoms with Gasteiger partial charge in [-0.15, -0.1) is 11.3 Å². The smallest absolute Gasteiger partial charge is 0.115 e. The summed E-state index contributed by atoms with van der Waals surface area (Å²) in [6.45, 7) is 3.14. The fourth-order valence-corrected chi connectivity index (χ4v) is 3.31. The molecule has 0 fully saturated rings. The Bertz CT molecular complexity index is 522. The lowest BCUT2D eigenvalue weighted by Gasteiger charge is -2.25. The summed E-state index contributed by atoms with van der Waals surface area (Å²) in [6, 6.07) is 12.6. The summed E-state index contributed by atoms with van der Waals surface area (Å²) in [4.78, 5) is 3.65. The Kier molecular flexibility index (Phi) is 5.79. The van der Waals surface area contributed by atoms with Gasteiger partial charge >= 0.3 is 0 Å². The third-order valence-corrected chi connectivity index (χ3v) is 4.61. The van der Waals surface area contributed by atoms with Crippen molar-refractivity contribution in [3.05, 3.63) is 52.2 Å². The third kappa shape index (κ3) is 4.84. The molecule has 2 unspecified atom stereocenters. The normalized spacial score (nSPS) is 14.3. The third-order valence-electron chi connectivity index (χ3n) is 3.63. The number of phenolic OH excluding ortho intramolecular Hbond substituents is 1. The molecular weight excluding hydrogens is 280 g/mol. The van der Waals surface area contributed by atoms with E-state index in [4.69, 9.17) is 0 Å². The van der Waals surface area contributed by atoms with Crippen molar-refractivity contribution < 1.29 is 5.11 Å². The van der Waals surface area contributed by atoms with Gasteiger partial charge in [-0.25, -0.2) is 0 Å². The van der Waals surface area contributed by atoms with Crippen molar-refractivity contribution in [3.8, 4) is 5.75 Å². The molecule has 0 saturated heterocycles. The maximum atomic E-state index is 9.31. The number of thiophene rings is 1. The lowest BCUT2D eigenvalue weighted by Crippen LogP contribution is -2.36. The number of hydrogen-bond donors (Lipinski definition) is 2. The van der Waals surface area contributed by atoms with E-state index in [9.17, 15) is 5.11 Å². The molecule has 1 aromatic heterocycles. The Morgan fingerprint density at radius 2 is 1.90 bits per heavy atom. The van der Waals surface area contributed by atoms with E-state index in [2.05, 4.69) is 48.7 Å². The van der Waals surface area contributed by atoms with Crippen LogP contribution in [0.2, 0.25) is 0 Å². The minimum absolute atomic E-state index is 0.324. The summed E-state index contributed by atoms with van der Waals surface area (Å²) in [5, 5.41) is 15.1. The Balaban J connectivity index is 1.87. The van der Waals surface area contributed by atoms with E-state index in [-0.39, 0.29) is 0 Å². The number of aromatic hydroxyl groups is 1. The van der Waals surface area contributed by atoms with Crippen LogP contribution >= 0.6 is 11.3 Å². The predicted molar refractivity (Wildman–Crippen MR) is 90.0 cm³/mol. The average molecular weight is 304 g/mol. The number of hydrogen-bond acceptors (Lipinski definition) is 4. The Hall–Kier alpha value is -1.36. The highest BCUT2D eigenvalue weighted by Gasteiger charge is 2.16. The Labute approximate surface area is 131 Å². The van der Waals surface area contributed by atoms with Crippen LogP contribution in [0.4, 0.5) is 0 Å². The van der Waals surface area contributed by atoms with Gasteiger partial charge in [0.1, 0.15) is 5.75 Å². The molecule has 2 aromatic rings. The summed E-state index contributed by atoms with van der Waals surface area (Å²) in [5.74, 6) is 0.324. The van der Waals surface area contributed by atoms with E-state index in [1.165, 1.54) is 10.4 Å². The second-order valence-corrected chi connectivity index (χ2v) is 6.65. The summed E-state index contributed by atoms with van der Waals surface area (Å²) in [6.07, 6.45) is 0.963. The van der Waals surface area contributed by atoms with Crippen molar-refractivity contribution in [2.75, 3.05) is 20.6 Å². The first kappa shape index (κ1) is 16.0. The number of phenols is 1. The minimum Gasteiger partial charge on any atom is -0.508 e.